The Balaban J connectivity index is 1.47. The van der Waals surface area contributed by atoms with Crippen LogP contribution in [0.25, 0.3) is 5.69 Å². The maximum absolute atomic E-state index is 13.5. The van der Waals surface area contributed by atoms with E-state index in [2.05, 4.69) is 15.7 Å². The lowest BCUT2D eigenvalue weighted by Crippen LogP contribution is -2.25. The molecule has 0 fully saturated rings. The highest BCUT2D eigenvalue weighted by Gasteiger charge is 2.36. The molecule has 11 heteroatoms. The number of hydrogen-bond acceptors (Lipinski definition) is 6. The van der Waals surface area contributed by atoms with Gasteiger partial charge in [-0.1, -0.05) is 42.5 Å². The van der Waals surface area contributed by atoms with Crippen molar-refractivity contribution in [1.82, 2.24) is 9.78 Å². The number of alkyl halides is 3. The minimum Gasteiger partial charge on any atom is -0.436 e. The molecule has 1 aliphatic heterocycles. The first-order valence-corrected chi connectivity index (χ1v) is 11.3. The third-order valence-electron chi connectivity index (χ3n) is 5.90. The molecule has 5 rings (SSSR count). The Kier molecular flexibility index (Phi) is 6.32. The van der Waals surface area contributed by atoms with E-state index in [1.807, 2.05) is 12.1 Å². The molecule has 1 aliphatic rings. The number of nitrogens with zero attached hydrogens (tertiary/aromatic N) is 2. The van der Waals surface area contributed by atoms with Crippen LogP contribution in [0.15, 0.2) is 78.9 Å². The van der Waals surface area contributed by atoms with Gasteiger partial charge in [-0.2, -0.15) is 18.3 Å². The number of anilines is 2. The SMILES string of the molecule is NCc1cccc(-n2nc(C(F)(F)F)cc2C(O)Nc2cccc(C3OC(=O)Nc4ccccc43)c2)c1. The van der Waals surface area contributed by atoms with E-state index in [0.717, 1.165) is 16.3 Å². The van der Waals surface area contributed by atoms with Gasteiger partial charge in [0.1, 0.15) is 0 Å². The lowest BCUT2D eigenvalue weighted by molar-refractivity contribution is -0.141. The Bertz CT molecular complexity index is 1450. The number of fused-ring (bicyclic) bond motifs is 1. The predicted octanol–water partition coefficient (Wildman–Crippen LogP) is 5.10. The van der Waals surface area contributed by atoms with Gasteiger partial charge in [-0.25, -0.2) is 9.48 Å². The number of halogens is 3. The standard InChI is InChI=1S/C26H22F3N5O3/c27-26(28,29)22-13-21(34(33-22)18-8-3-5-15(11-18)14-30)24(35)31-17-7-4-6-16(12-17)23-19-9-1-2-10-20(19)32-25(36)37-23/h1-13,23-24,31,35H,14,30H2,(H,32,36). The molecule has 2 atom stereocenters. The molecular formula is C26H22F3N5O3. The molecule has 0 saturated carbocycles. The monoisotopic (exact) mass is 509 g/mol. The Hall–Kier alpha value is -4.35. The van der Waals surface area contributed by atoms with E-state index in [0.29, 0.717) is 28.2 Å². The minimum absolute atomic E-state index is 0.120. The average molecular weight is 509 g/mol. The van der Waals surface area contributed by atoms with Crippen molar-refractivity contribution < 1.29 is 27.8 Å². The number of aromatic nitrogens is 2. The lowest BCUT2D eigenvalue weighted by atomic mass is 9.98. The molecule has 0 aliphatic carbocycles. The second-order valence-corrected chi connectivity index (χ2v) is 8.41. The van der Waals surface area contributed by atoms with Crippen LogP contribution in [0.5, 0.6) is 0 Å². The molecule has 2 heterocycles. The number of carbonyl (C=O) groups excluding carboxylic acids is 1. The summed E-state index contributed by atoms with van der Waals surface area (Å²) in [6.45, 7) is 0.189. The normalized spacial score (nSPS) is 15.9. The zero-order chi connectivity index (χ0) is 26.2. The first-order chi connectivity index (χ1) is 17.7. The molecule has 0 saturated heterocycles. The van der Waals surface area contributed by atoms with E-state index in [4.69, 9.17) is 10.5 Å². The van der Waals surface area contributed by atoms with Crippen LogP contribution in [0.1, 0.15) is 40.4 Å². The van der Waals surface area contributed by atoms with E-state index in [-0.39, 0.29) is 12.2 Å². The van der Waals surface area contributed by atoms with Crippen molar-refractivity contribution in [1.29, 1.82) is 0 Å². The summed E-state index contributed by atoms with van der Waals surface area (Å²) in [5, 5.41) is 20.1. The van der Waals surface area contributed by atoms with Gasteiger partial charge in [0.2, 0.25) is 0 Å². The first-order valence-electron chi connectivity index (χ1n) is 11.3. The second-order valence-electron chi connectivity index (χ2n) is 8.41. The van der Waals surface area contributed by atoms with Gasteiger partial charge in [-0.15, -0.1) is 0 Å². The quantitative estimate of drug-likeness (QED) is 0.269. The Morgan fingerprint density at radius 3 is 2.65 bits per heavy atom. The summed E-state index contributed by atoms with van der Waals surface area (Å²) in [4.78, 5) is 12.1. The van der Waals surface area contributed by atoms with Crippen molar-refractivity contribution in [3.05, 3.63) is 107 Å². The number of aliphatic hydroxyl groups excluding tert-OH is 1. The molecular weight excluding hydrogens is 487 g/mol. The maximum Gasteiger partial charge on any atom is 0.435 e. The first kappa shape index (κ1) is 24.3. The Labute approximate surface area is 209 Å². The van der Waals surface area contributed by atoms with Gasteiger partial charge in [0.15, 0.2) is 18.0 Å². The van der Waals surface area contributed by atoms with E-state index in [1.54, 1.807) is 60.7 Å². The number of hydrogen-bond donors (Lipinski definition) is 4. The highest BCUT2D eigenvalue weighted by Crippen LogP contribution is 2.37. The molecule has 8 nitrogen and oxygen atoms in total. The number of nitrogens with one attached hydrogen (secondary N) is 2. The second kappa shape index (κ2) is 9.60. The molecule has 190 valence electrons. The maximum atomic E-state index is 13.5. The predicted molar refractivity (Wildman–Crippen MR) is 130 cm³/mol. The van der Waals surface area contributed by atoms with Crippen molar-refractivity contribution in [3.8, 4) is 5.69 Å². The molecule has 1 amide bonds. The fourth-order valence-corrected chi connectivity index (χ4v) is 4.17. The van der Waals surface area contributed by atoms with Crippen LogP contribution in [-0.2, 0) is 17.5 Å². The third kappa shape index (κ3) is 4.99. The van der Waals surface area contributed by atoms with E-state index >= 15 is 0 Å². The van der Waals surface area contributed by atoms with Crippen molar-refractivity contribution >= 4 is 17.5 Å². The summed E-state index contributed by atoms with van der Waals surface area (Å²) in [7, 11) is 0. The molecule has 0 spiro atoms. The highest BCUT2D eigenvalue weighted by atomic mass is 19.4. The minimum atomic E-state index is -4.71. The van der Waals surface area contributed by atoms with Crippen LogP contribution in [-0.4, -0.2) is 21.0 Å². The lowest BCUT2D eigenvalue weighted by Gasteiger charge is -2.27. The molecule has 1 aromatic heterocycles. The number of rotatable bonds is 6. The summed E-state index contributed by atoms with van der Waals surface area (Å²) in [5.41, 5.74) is 7.80. The molecule has 3 aromatic carbocycles. The largest absolute Gasteiger partial charge is 0.436 e. The Morgan fingerprint density at radius 1 is 1.08 bits per heavy atom. The van der Waals surface area contributed by atoms with Crippen LogP contribution in [0, 0.1) is 0 Å². The number of cyclic esters (lactones) is 1. The summed E-state index contributed by atoms with van der Waals surface area (Å²) < 4.78 is 47.0. The van der Waals surface area contributed by atoms with E-state index in [9.17, 15) is 23.1 Å². The van der Waals surface area contributed by atoms with Gasteiger partial charge in [0.25, 0.3) is 0 Å². The van der Waals surface area contributed by atoms with Crippen LogP contribution < -0.4 is 16.4 Å². The number of nitrogens with two attached hydrogens (primary N) is 1. The fourth-order valence-electron chi connectivity index (χ4n) is 4.17. The van der Waals surface area contributed by atoms with Gasteiger partial charge < -0.3 is 20.9 Å². The van der Waals surface area contributed by atoms with Gasteiger partial charge in [0.05, 0.1) is 17.1 Å². The number of aliphatic hydroxyl groups is 1. The summed E-state index contributed by atoms with van der Waals surface area (Å²) in [5.74, 6) is 0. The third-order valence-corrected chi connectivity index (χ3v) is 5.90. The van der Waals surface area contributed by atoms with Gasteiger partial charge in [0, 0.05) is 17.8 Å². The zero-order valence-corrected chi connectivity index (χ0v) is 19.2. The number of para-hydroxylation sites is 1. The topological polar surface area (TPSA) is 114 Å². The number of carbonyl (C=O) groups is 1. The van der Waals surface area contributed by atoms with Crippen molar-refractivity contribution in [2.24, 2.45) is 5.73 Å². The average Bonchev–Trinajstić information content (AvgIpc) is 3.35. The van der Waals surface area contributed by atoms with Crippen LogP contribution >= 0.6 is 0 Å². The molecule has 4 aromatic rings. The van der Waals surface area contributed by atoms with Crippen molar-refractivity contribution in [2.45, 2.75) is 25.1 Å². The molecule has 37 heavy (non-hydrogen) atoms. The fraction of sp³-hybridized carbons (Fsp3) is 0.154. The molecule has 2 unspecified atom stereocenters. The highest BCUT2D eigenvalue weighted by molar-refractivity contribution is 5.88. The zero-order valence-electron chi connectivity index (χ0n) is 19.2. The number of benzene rings is 3. The molecule has 0 bridgehead atoms. The van der Waals surface area contributed by atoms with Gasteiger partial charge >= 0.3 is 12.3 Å². The van der Waals surface area contributed by atoms with E-state index < -0.39 is 30.3 Å². The van der Waals surface area contributed by atoms with Crippen molar-refractivity contribution in [3.63, 3.8) is 0 Å². The van der Waals surface area contributed by atoms with Gasteiger partial charge in [-0.05, 0) is 47.5 Å². The smallest absolute Gasteiger partial charge is 0.435 e. The Morgan fingerprint density at radius 2 is 1.86 bits per heavy atom. The summed E-state index contributed by atoms with van der Waals surface area (Å²) in [6.07, 6.45) is -7.57. The number of ether oxygens (including phenoxy) is 1. The molecule has 0 radical (unpaired) electrons. The summed E-state index contributed by atoms with van der Waals surface area (Å²) >= 11 is 0. The van der Waals surface area contributed by atoms with Crippen molar-refractivity contribution in [2.75, 3.05) is 10.6 Å². The van der Waals surface area contributed by atoms with Crippen LogP contribution in [0.4, 0.5) is 29.3 Å². The van der Waals surface area contributed by atoms with Crippen LogP contribution in [0.2, 0.25) is 0 Å². The molecule has 5 N–H and O–H groups in total. The summed E-state index contributed by atoms with van der Waals surface area (Å²) in [6, 6.07) is 21.3. The van der Waals surface area contributed by atoms with Crippen LogP contribution in [0.3, 0.4) is 0 Å². The van der Waals surface area contributed by atoms with Gasteiger partial charge in [-0.3, -0.25) is 5.32 Å². The van der Waals surface area contributed by atoms with E-state index in [1.165, 1.54) is 0 Å². The number of amides is 1.